The molecule has 6 heteroatoms. The van der Waals surface area contributed by atoms with E-state index in [9.17, 15) is 4.79 Å². The number of H-pyrrole nitrogens is 2. The van der Waals surface area contributed by atoms with Crippen molar-refractivity contribution in [2.45, 2.75) is 25.8 Å². The molecule has 1 aromatic carbocycles. The van der Waals surface area contributed by atoms with Crippen LogP contribution in [0.25, 0.3) is 10.9 Å². The number of ether oxygens (including phenoxy) is 1. The molecule has 1 atom stereocenters. The van der Waals surface area contributed by atoms with E-state index < -0.39 is 0 Å². The monoisotopic (exact) mass is 338 g/mol. The fourth-order valence-corrected chi connectivity index (χ4v) is 3.45. The molecule has 1 aliphatic rings. The van der Waals surface area contributed by atoms with Crippen LogP contribution < -0.4 is 0 Å². The molecule has 0 aliphatic carbocycles. The Balaban J connectivity index is 1.47. The first-order valence-corrected chi connectivity index (χ1v) is 8.66. The fourth-order valence-electron chi connectivity index (χ4n) is 3.45. The molecule has 2 aromatic heterocycles. The molecule has 1 saturated heterocycles. The Morgan fingerprint density at radius 1 is 1.40 bits per heavy atom. The molecule has 0 radical (unpaired) electrons. The van der Waals surface area contributed by atoms with Crippen molar-refractivity contribution < 1.29 is 9.53 Å². The van der Waals surface area contributed by atoms with Crippen LogP contribution in [-0.4, -0.2) is 45.5 Å². The van der Waals surface area contributed by atoms with Gasteiger partial charge in [-0.05, 0) is 25.0 Å². The molecule has 1 fully saturated rings. The number of carbonyl (C=O) groups is 1. The highest BCUT2D eigenvalue weighted by atomic mass is 16.5. The zero-order valence-electron chi connectivity index (χ0n) is 14.3. The first-order valence-electron chi connectivity index (χ1n) is 8.66. The van der Waals surface area contributed by atoms with Crippen molar-refractivity contribution in [2.24, 2.45) is 0 Å². The number of morpholine rings is 1. The van der Waals surface area contributed by atoms with Crippen molar-refractivity contribution in [3.63, 3.8) is 0 Å². The van der Waals surface area contributed by atoms with Crippen molar-refractivity contribution in [1.82, 2.24) is 19.9 Å². The van der Waals surface area contributed by atoms with Gasteiger partial charge in [0.05, 0.1) is 13.2 Å². The molecule has 0 spiro atoms. The van der Waals surface area contributed by atoms with E-state index in [1.807, 2.05) is 30.2 Å². The molecule has 130 valence electrons. The molecule has 0 saturated carbocycles. The highest BCUT2D eigenvalue weighted by molar-refractivity contribution is 5.84. The zero-order chi connectivity index (χ0) is 17.2. The van der Waals surface area contributed by atoms with Gasteiger partial charge >= 0.3 is 0 Å². The topological polar surface area (TPSA) is 74.0 Å². The molecular formula is C19H22N4O2. The number of para-hydroxylation sites is 1. The normalized spacial score (nSPS) is 18.0. The summed E-state index contributed by atoms with van der Waals surface area (Å²) in [6, 6.07) is 8.06. The van der Waals surface area contributed by atoms with Gasteiger partial charge in [-0.25, -0.2) is 4.98 Å². The summed E-state index contributed by atoms with van der Waals surface area (Å²) in [4.78, 5) is 25.6. The number of hydrogen-bond acceptors (Lipinski definition) is 3. The second-order valence-corrected chi connectivity index (χ2v) is 6.49. The molecule has 1 aliphatic heterocycles. The van der Waals surface area contributed by atoms with Gasteiger partial charge in [-0.15, -0.1) is 0 Å². The van der Waals surface area contributed by atoms with E-state index in [0.717, 1.165) is 23.5 Å². The number of fused-ring (bicyclic) bond motifs is 1. The van der Waals surface area contributed by atoms with Crippen LogP contribution in [0.3, 0.4) is 0 Å². The van der Waals surface area contributed by atoms with E-state index in [1.54, 1.807) is 6.20 Å². The van der Waals surface area contributed by atoms with Gasteiger partial charge in [0.15, 0.2) is 0 Å². The summed E-state index contributed by atoms with van der Waals surface area (Å²) in [5.74, 6) is 0.949. The lowest BCUT2D eigenvalue weighted by molar-refractivity contribution is -0.140. The Kier molecular flexibility index (Phi) is 4.28. The summed E-state index contributed by atoms with van der Waals surface area (Å²) in [5.41, 5.74) is 3.29. The van der Waals surface area contributed by atoms with Crippen molar-refractivity contribution in [3.8, 4) is 0 Å². The highest BCUT2D eigenvalue weighted by Gasteiger charge is 2.30. The van der Waals surface area contributed by atoms with E-state index in [-0.39, 0.29) is 11.9 Å². The first kappa shape index (κ1) is 15.9. The zero-order valence-corrected chi connectivity index (χ0v) is 14.3. The van der Waals surface area contributed by atoms with E-state index in [0.29, 0.717) is 26.2 Å². The minimum atomic E-state index is -0.127. The molecule has 3 aromatic rings. The Morgan fingerprint density at radius 2 is 2.28 bits per heavy atom. The number of rotatable bonds is 4. The van der Waals surface area contributed by atoms with Gasteiger partial charge in [-0.3, -0.25) is 4.79 Å². The standard InChI is InChI=1S/C19H22N4O2/c1-13-10-21-19(22-13)17-12-25-9-8-23(17)18(24)7-6-14-11-20-16-5-3-2-4-15(14)16/h2-5,10-11,17,20H,6-9,12H2,1H3,(H,21,22)/t17-/m1/s1. The van der Waals surface area contributed by atoms with Crippen LogP contribution in [0.15, 0.2) is 36.7 Å². The largest absolute Gasteiger partial charge is 0.377 e. The van der Waals surface area contributed by atoms with Gasteiger partial charge < -0.3 is 19.6 Å². The van der Waals surface area contributed by atoms with Crippen LogP contribution in [0.4, 0.5) is 0 Å². The van der Waals surface area contributed by atoms with Gasteiger partial charge in [-0.2, -0.15) is 0 Å². The van der Waals surface area contributed by atoms with Crippen molar-refractivity contribution in [3.05, 3.63) is 53.7 Å². The number of nitrogens with one attached hydrogen (secondary N) is 2. The lowest BCUT2D eigenvalue weighted by atomic mass is 10.1. The molecule has 6 nitrogen and oxygen atoms in total. The predicted octanol–water partition coefficient (Wildman–Crippen LogP) is 2.73. The summed E-state index contributed by atoms with van der Waals surface area (Å²) >= 11 is 0. The summed E-state index contributed by atoms with van der Waals surface area (Å²) in [6.07, 6.45) is 5.01. The van der Waals surface area contributed by atoms with Gasteiger partial charge in [-0.1, -0.05) is 18.2 Å². The van der Waals surface area contributed by atoms with Crippen molar-refractivity contribution in [2.75, 3.05) is 19.8 Å². The number of carbonyl (C=O) groups excluding carboxylic acids is 1. The van der Waals surface area contributed by atoms with Crippen molar-refractivity contribution in [1.29, 1.82) is 0 Å². The quantitative estimate of drug-likeness (QED) is 0.768. The number of imidazole rings is 1. The predicted molar refractivity (Wildman–Crippen MR) is 95.2 cm³/mol. The van der Waals surface area contributed by atoms with E-state index >= 15 is 0 Å². The number of amides is 1. The maximum Gasteiger partial charge on any atom is 0.223 e. The van der Waals surface area contributed by atoms with Gasteiger partial charge in [0.2, 0.25) is 5.91 Å². The molecule has 25 heavy (non-hydrogen) atoms. The molecule has 1 amide bonds. The molecule has 2 N–H and O–H groups in total. The Labute approximate surface area is 146 Å². The van der Waals surface area contributed by atoms with Gasteiger partial charge in [0.25, 0.3) is 0 Å². The Morgan fingerprint density at radius 3 is 3.12 bits per heavy atom. The smallest absolute Gasteiger partial charge is 0.223 e. The summed E-state index contributed by atoms with van der Waals surface area (Å²) in [7, 11) is 0. The lowest BCUT2D eigenvalue weighted by Gasteiger charge is -2.34. The van der Waals surface area contributed by atoms with Crippen LogP contribution >= 0.6 is 0 Å². The van der Waals surface area contributed by atoms with E-state index in [4.69, 9.17) is 4.74 Å². The highest BCUT2D eigenvalue weighted by Crippen LogP contribution is 2.24. The Hall–Kier alpha value is -2.60. The van der Waals surface area contributed by atoms with Crippen LogP contribution in [-0.2, 0) is 16.0 Å². The average molecular weight is 338 g/mol. The van der Waals surface area contributed by atoms with Crippen LogP contribution in [0.1, 0.15) is 29.5 Å². The first-order chi connectivity index (χ1) is 12.2. The average Bonchev–Trinajstić information content (AvgIpc) is 3.26. The Bertz CT molecular complexity index is 882. The van der Waals surface area contributed by atoms with E-state index in [2.05, 4.69) is 27.1 Å². The molecule has 0 bridgehead atoms. The molecule has 3 heterocycles. The second-order valence-electron chi connectivity index (χ2n) is 6.49. The van der Waals surface area contributed by atoms with Crippen LogP contribution in [0.5, 0.6) is 0 Å². The number of benzene rings is 1. The van der Waals surface area contributed by atoms with Gasteiger partial charge in [0, 0.05) is 42.0 Å². The number of aromatic nitrogens is 3. The number of nitrogens with zero attached hydrogens (tertiary/aromatic N) is 2. The number of hydrogen-bond donors (Lipinski definition) is 2. The minimum absolute atomic E-state index is 0.127. The number of aromatic amines is 2. The SMILES string of the molecule is Cc1cnc([C@H]2COCCN2C(=O)CCc2c[nH]c3ccccc23)[nH]1. The minimum Gasteiger partial charge on any atom is -0.377 e. The maximum absolute atomic E-state index is 12.8. The fraction of sp³-hybridized carbons (Fsp3) is 0.368. The molecule has 0 unspecified atom stereocenters. The lowest BCUT2D eigenvalue weighted by Crippen LogP contribution is -2.44. The third-order valence-corrected chi connectivity index (χ3v) is 4.77. The van der Waals surface area contributed by atoms with E-state index in [1.165, 1.54) is 10.9 Å². The summed E-state index contributed by atoms with van der Waals surface area (Å²) in [6.45, 7) is 3.64. The molecular weight excluding hydrogens is 316 g/mol. The third kappa shape index (κ3) is 3.17. The van der Waals surface area contributed by atoms with Crippen molar-refractivity contribution >= 4 is 16.8 Å². The van der Waals surface area contributed by atoms with Crippen LogP contribution in [0.2, 0.25) is 0 Å². The van der Waals surface area contributed by atoms with Gasteiger partial charge in [0.1, 0.15) is 11.9 Å². The maximum atomic E-state index is 12.8. The number of aryl methyl sites for hydroxylation is 2. The summed E-state index contributed by atoms with van der Waals surface area (Å²) < 4.78 is 5.58. The third-order valence-electron chi connectivity index (χ3n) is 4.77. The molecule has 4 rings (SSSR count). The second kappa shape index (κ2) is 6.72. The van der Waals surface area contributed by atoms with Crippen LogP contribution in [0, 0.1) is 6.92 Å². The summed E-state index contributed by atoms with van der Waals surface area (Å²) in [5, 5.41) is 1.19.